The number of nitrogens with zero attached hydrogens (tertiary/aromatic N) is 1. The van der Waals surface area contributed by atoms with Crippen molar-refractivity contribution in [2.45, 2.75) is 10.1 Å². The van der Waals surface area contributed by atoms with Crippen LogP contribution in [0.2, 0.25) is 0 Å². The van der Waals surface area contributed by atoms with Gasteiger partial charge in [-0.25, -0.2) is 0 Å². The second-order valence-electron chi connectivity index (χ2n) is 3.01. The number of hydrogen-bond donors (Lipinski definition) is 2. The second-order valence-corrected chi connectivity index (χ2v) is 4.01. The lowest BCUT2D eigenvalue weighted by Gasteiger charge is -2.09. The summed E-state index contributed by atoms with van der Waals surface area (Å²) in [5.41, 5.74) is 1.83. The summed E-state index contributed by atoms with van der Waals surface area (Å²) in [6.07, 6.45) is 0. The summed E-state index contributed by atoms with van der Waals surface area (Å²) in [5, 5.41) is -0.353. The highest BCUT2D eigenvalue weighted by atomic mass is 32.1. The number of hydrogen-bond acceptors (Lipinski definition) is 3. The van der Waals surface area contributed by atoms with E-state index in [1.807, 2.05) is 18.2 Å². The number of carbonyl (C=O) groups is 1. The van der Waals surface area contributed by atoms with Crippen molar-refractivity contribution in [1.82, 2.24) is 0 Å². The van der Waals surface area contributed by atoms with Gasteiger partial charge in [-0.05, 0) is 12.1 Å². The van der Waals surface area contributed by atoms with E-state index in [0.717, 1.165) is 16.1 Å². The molecule has 0 spiro atoms. The Labute approximate surface area is 87.8 Å². The topological polar surface area (TPSA) is 20.3 Å². The highest BCUT2D eigenvalue weighted by Gasteiger charge is 2.33. The average Bonchev–Trinajstić information content (AvgIpc) is 2.33. The van der Waals surface area contributed by atoms with Crippen LogP contribution in [0.15, 0.2) is 23.1 Å². The Hall–Kier alpha value is -0.610. The summed E-state index contributed by atoms with van der Waals surface area (Å²) in [7, 11) is 1.75. The fraction of sp³-hybridized carbons (Fsp3) is 0.222. The van der Waals surface area contributed by atoms with Crippen molar-refractivity contribution in [3.63, 3.8) is 0 Å². The zero-order valence-electron chi connectivity index (χ0n) is 7.06. The first-order valence-corrected chi connectivity index (χ1v) is 4.87. The Morgan fingerprint density at radius 2 is 2.15 bits per heavy atom. The quantitative estimate of drug-likeness (QED) is 0.628. The van der Waals surface area contributed by atoms with Crippen LogP contribution in [0.4, 0.5) is 5.69 Å². The number of carbonyl (C=O) groups excluding carboxylic acids is 1. The van der Waals surface area contributed by atoms with Crippen molar-refractivity contribution in [1.29, 1.82) is 0 Å². The van der Waals surface area contributed by atoms with E-state index < -0.39 is 0 Å². The van der Waals surface area contributed by atoms with E-state index in [1.165, 1.54) is 0 Å². The third kappa shape index (κ3) is 1.16. The summed E-state index contributed by atoms with van der Waals surface area (Å²) >= 11 is 8.56. The van der Waals surface area contributed by atoms with Crippen LogP contribution < -0.4 is 4.90 Å². The highest BCUT2D eigenvalue weighted by molar-refractivity contribution is 7.82. The van der Waals surface area contributed by atoms with Crippen LogP contribution in [0.25, 0.3) is 0 Å². The first kappa shape index (κ1) is 8.97. The Balaban J connectivity index is 2.66. The minimum Gasteiger partial charge on any atom is -0.314 e. The Kier molecular flexibility index (Phi) is 2.04. The zero-order valence-corrected chi connectivity index (χ0v) is 8.85. The molecule has 0 bridgehead atoms. The molecule has 1 atom stereocenters. The molecule has 0 radical (unpaired) electrons. The second kappa shape index (κ2) is 2.96. The standard InChI is InChI=1S/C9H9NOS2/c1-10-5-3-2-4-6(12)7(5)8(13)9(10)11/h2-4,8,12-13H,1H3. The van der Waals surface area contributed by atoms with E-state index in [0.29, 0.717) is 0 Å². The number of thiol groups is 2. The maximum absolute atomic E-state index is 11.5. The van der Waals surface area contributed by atoms with Gasteiger partial charge in [0.05, 0.1) is 0 Å². The zero-order chi connectivity index (χ0) is 9.59. The molecule has 13 heavy (non-hydrogen) atoms. The van der Waals surface area contributed by atoms with Crippen LogP contribution >= 0.6 is 25.3 Å². The molecule has 1 aliphatic rings. The molecule has 1 aliphatic heterocycles. The lowest BCUT2D eigenvalue weighted by molar-refractivity contribution is -0.117. The predicted octanol–water partition coefficient (Wildman–Crippen LogP) is 1.92. The highest BCUT2D eigenvalue weighted by Crippen LogP contribution is 2.41. The minimum absolute atomic E-state index is 0.0137. The number of anilines is 1. The van der Waals surface area contributed by atoms with Crippen molar-refractivity contribution in [3.05, 3.63) is 23.8 Å². The van der Waals surface area contributed by atoms with Gasteiger partial charge >= 0.3 is 0 Å². The molecule has 1 aromatic rings. The maximum atomic E-state index is 11.5. The summed E-state index contributed by atoms with van der Waals surface area (Å²) in [6, 6.07) is 5.66. The van der Waals surface area contributed by atoms with Gasteiger partial charge in [-0.15, -0.1) is 12.6 Å². The van der Waals surface area contributed by atoms with Gasteiger partial charge < -0.3 is 4.90 Å². The molecule has 0 aromatic heterocycles. The normalized spacial score (nSPS) is 20.7. The minimum atomic E-state index is -0.353. The molecule has 0 N–H and O–H groups in total. The number of rotatable bonds is 0. The summed E-state index contributed by atoms with van der Waals surface area (Å²) in [6.45, 7) is 0. The number of amides is 1. The van der Waals surface area contributed by atoms with Gasteiger partial charge in [0.1, 0.15) is 5.25 Å². The molecule has 2 nitrogen and oxygen atoms in total. The van der Waals surface area contributed by atoms with Crippen LogP contribution in [-0.2, 0) is 4.79 Å². The first-order valence-electron chi connectivity index (χ1n) is 3.90. The van der Waals surface area contributed by atoms with Crippen molar-refractivity contribution in [2.24, 2.45) is 0 Å². The Morgan fingerprint density at radius 3 is 2.77 bits per heavy atom. The maximum Gasteiger partial charge on any atom is 0.244 e. The van der Waals surface area contributed by atoms with Crippen molar-refractivity contribution in [3.8, 4) is 0 Å². The number of fused-ring (bicyclic) bond motifs is 1. The molecule has 1 unspecified atom stereocenters. The predicted molar refractivity (Wildman–Crippen MR) is 58.8 cm³/mol. The molecule has 2 rings (SSSR count). The Morgan fingerprint density at radius 1 is 1.46 bits per heavy atom. The van der Waals surface area contributed by atoms with Crippen LogP contribution in [0, 0.1) is 0 Å². The van der Waals surface area contributed by atoms with Gasteiger partial charge in [0.25, 0.3) is 0 Å². The molecule has 1 aromatic carbocycles. The van der Waals surface area contributed by atoms with Crippen molar-refractivity contribution in [2.75, 3.05) is 11.9 Å². The van der Waals surface area contributed by atoms with E-state index in [1.54, 1.807) is 11.9 Å². The fourth-order valence-electron chi connectivity index (χ4n) is 1.54. The lowest BCUT2D eigenvalue weighted by atomic mass is 10.1. The van der Waals surface area contributed by atoms with Gasteiger partial charge in [-0.2, -0.15) is 12.6 Å². The number of likely N-dealkylation sites (N-methyl/N-ethyl adjacent to an activating group) is 1. The SMILES string of the molecule is CN1C(=O)C(S)c2c(S)cccc21. The van der Waals surface area contributed by atoms with Crippen molar-refractivity contribution < 1.29 is 4.79 Å². The fourth-order valence-corrected chi connectivity index (χ4v) is 2.42. The lowest BCUT2D eigenvalue weighted by Crippen LogP contribution is -2.21. The van der Waals surface area contributed by atoms with Gasteiger partial charge in [0, 0.05) is 23.2 Å². The van der Waals surface area contributed by atoms with Gasteiger partial charge in [0.2, 0.25) is 5.91 Å². The summed E-state index contributed by atoms with van der Waals surface area (Å²) < 4.78 is 0. The van der Waals surface area contributed by atoms with Crippen LogP contribution in [0.1, 0.15) is 10.8 Å². The van der Waals surface area contributed by atoms with Crippen LogP contribution in [0.3, 0.4) is 0 Å². The Bertz CT molecular complexity index is 378. The third-order valence-electron chi connectivity index (χ3n) is 2.26. The molecular formula is C9H9NOS2. The third-order valence-corrected chi connectivity index (χ3v) is 3.13. The van der Waals surface area contributed by atoms with Crippen molar-refractivity contribution >= 4 is 36.9 Å². The number of benzene rings is 1. The van der Waals surface area contributed by atoms with E-state index >= 15 is 0 Å². The largest absolute Gasteiger partial charge is 0.314 e. The molecule has 0 saturated carbocycles. The molecular weight excluding hydrogens is 202 g/mol. The molecule has 0 fully saturated rings. The van der Waals surface area contributed by atoms with Crippen LogP contribution in [0.5, 0.6) is 0 Å². The van der Waals surface area contributed by atoms with E-state index in [2.05, 4.69) is 25.3 Å². The molecule has 4 heteroatoms. The summed E-state index contributed by atoms with van der Waals surface area (Å²) in [5.74, 6) is 0.0137. The molecule has 0 saturated heterocycles. The van der Waals surface area contributed by atoms with Gasteiger partial charge in [0.15, 0.2) is 0 Å². The van der Waals surface area contributed by atoms with Gasteiger partial charge in [-0.3, -0.25) is 4.79 Å². The first-order chi connectivity index (χ1) is 6.13. The molecule has 0 aliphatic carbocycles. The van der Waals surface area contributed by atoms with E-state index in [-0.39, 0.29) is 11.2 Å². The van der Waals surface area contributed by atoms with Gasteiger partial charge in [-0.1, -0.05) is 6.07 Å². The van der Waals surface area contributed by atoms with Crippen LogP contribution in [-0.4, -0.2) is 13.0 Å². The van der Waals surface area contributed by atoms with E-state index in [9.17, 15) is 4.79 Å². The molecule has 68 valence electrons. The molecule has 1 heterocycles. The smallest absolute Gasteiger partial charge is 0.244 e. The summed E-state index contributed by atoms with van der Waals surface area (Å²) in [4.78, 5) is 14.0. The van der Waals surface area contributed by atoms with E-state index in [4.69, 9.17) is 0 Å². The molecule has 1 amide bonds. The average molecular weight is 211 g/mol. The monoisotopic (exact) mass is 211 g/mol.